The number of carbonyl (C=O) groups excluding carboxylic acids is 1. The largest absolute Gasteiger partial charge is 0.497 e. The number of halogens is 1. The van der Waals surface area contributed by atoms with Crippen molar-refractivity contribution in [3.8, 4) is 5.75 Å². The first kappa shape index (κ1) is 32.2. The number of aliphatic hydroxyl groups is 1. The molecule has 240 valence electrons. The van der Waals surface area contributed by atoms with Crippen LogP contribution in [0.25, 0.3) is 0 Å². The van der Waals surface area contributed by atoms with E-state index in [1.807, 2.05) is 71.5 Å². The van der Waals surface area contributed by atoms with Crippen LogP contribution in [-0.4, -0.2) is 60.4 Å². The minimum Gasteiger partial charge on any atom is -0.497 e. The Labute approximate surface area is 276 Å². The zero-order chi connectivity index (χ0) is 32.6. The number of aromatic nitrogens is 3. The highest BCUT2D eigenvalue weighted by atomic mass is 35.5. The molecule has 1 spiro atoms. The van der Waals surface area contributed by atoms with Crippen molar-refractivity contribution < 1.29 is 19.4 Å². The lowest BCUT2D eigenvalue weighted by molar-refractivity contribution is -0.145. The fourth-order valence-electron chi connectivity index (χ4n) is 7.76. The Bertz CT molecular complexity index is 1710. The number of hydrogen-bond acceptors (Lipinski definition) is 6. The van der Waals surface area contributed by atoms with Crippen molar-refractivity contribution in [2.24, 2.45) is 5.92 Å². The lowest BCUT2D eigenvalue weighted by Gasteiger charge is -2.37. The molecule has 2 aliphatic rings. The van der Waals surface area contributed by atoms with Crippen molar-refractivity contribution >= 4 is 36.5 Å². The highest BCUT2D eigenvalue weighted by molar-refractivity contribution is 6.91. The van der Waals surface area contributed by atoms with Gasteiger partial charge in [0.25, 0.3) is 5.91 Å². The molecule has 2 aliphatic heterocycles. The van der Waals surface area contributed by atoms with E-state index >= 15 is 0 Å². The van der Waals surface area contributed by atoms with Crippen molar-refractivity contribution in [2.45, 2.75) is 56.1 Å². The Morgan fingerprint density at radius 3 is 2.57 bits per heavy atom. The number of aliphatic hydroxyl groups excluding tert-OH is 1. The number of rotatable bonds is 11. The number of amides is 1. The molecule has 0 radical (unpaired) electrons. The van der Waals surface area contributed by atoms with E-state index < -0.39 is 13.7 Å². The van der Waals surface area contributed by atoms with Crippen molar-refractivity contribution in [1.29, 1.82) is 0 Å². The molecule has 6 rings (SSSR count). The predicted molar refractivity (Wildman–Crippen MR) is 184 cm³/mol. The van der Waals surface area contributed by atoms with Crippen molar-refractivity contribution in [1.82, 2.24) is 15.0 Å². The molecule has 3 aromatic carbocycles. The fourth-order valence-corrected chi connectivity index (χ4v) is 12.0. The van der Waals surface area contributed by atoms with Crippen LogP contribution in [0.1, 0.15) is 36.1 Å². The Hall–Kier alpha value is -3.76. The lowest BCUT2D eigenvalue weighted by Crippen LogP contribution is -2.51. The molecule has 1 saturated heterocycles. The molecule has 0 saturated carbocycles. The SMILES string of the molecule is C=CCN1C(=O)[C@@]2(O[C@@H](CCn3cc(C(CO)c4ccccc4)nn3)[C@H]([Si](C)(C)c3ccc(OC)cc3)[C@H]2C)c2cc(Cl)ccc21. The van der Waals surface area contributed by atoms with E-state index in [1.165, 1.54) is 5.19 Å². The normalized spacial score (nSPS) is 23.1. The summed E-state index contributed by atoms with van der Waals surface area (Å²) < 4.78 is 14.4. The third-order valence-corrected chi connectivity index (χ3v) is 14.6. The van der Waals surface area contributed by atoms with E-state index in [4.69, 9.17) is 21.1 Å². The first-order valence-corrected chi connectivity index (χ1v) is 19.2. The average molecular weight is 657 g/mol. The van der Waals surface area contributed by atoms with Gasteiger partial charge in [-0.3, -0.25) is 9.48 Å². The van der Waals surface area contributed by atoms with Crippen molar-refractivity contribution in [2.75, 3.05) is 25.2 Å². The Balaban J connectivity index is 1.37. The average Bonchev–Trinajstić information content (AvgIpc) is 3.71. The van der Waals surface area contributed by atoms with E-state index in [9.17, 15) is 9.90 Å². The van der Waals surface area contributed by atoms with Gasteiger partial charge in [0, 0.05) is 35.8 Å². The second-order valence-electron chi connectivity index (χ2n) is 12.9. The van der Waals surface area contributed by atoms with E-state index in [-0.39, 0.29) is 36.0 Å². The maximum absolute atomic E-state index is 14.5. The molecule has 1 amide bonds. The van der Waals surface area contributed by atoms with Gasteiger partial charge in [0.15, 0.2) is 5.60 Å². The Kier molecular flexibility index (Phi) is 8.95. The molecule has 10 heteroatoms. The van der Waals surface area contributed by atoms with Crippen LogP contribution >= 0.6 is 11.6 Å². The smallest absolute Gasteiger partial charge is 0.264 e. The number of ether oxygens (including phenoxy) is 2. The highest BCUT2D eigenvalue weighted by Gasteiger charge is 2.66. The number of methoxy groups -OCH3 is 1. The summed E-state index contributed by atoms with van der Waals surface area (Å²) in [4.78, 5) is 16.3. The molecular formula is C36H41ClN4O4Si. The molecule has 0 aliphatic carbocycles. The summed E-state index contributed by atoms with van der Waals surface area (Å²) in [5.74, 6) is 0.346. The van der Waals surface area contributed by atoms with Gasteiger partial charge in [-0.1, -0.05) is 90.6 Å². The first-order chi connectivity index (χ1) is 22.1. The zero-order valence-corrected chi connectivity index (χ0v) is 28.5. The molecule has 1 N–H and O–H groups in total. The molecule has 3 heterocycles. The van der Waals surface area contributed by atoms with E-state index in [1.54, 1.807) is 18.1 Å². The van der Waals surface area contributed by atoms with Gasteiger partial charge in [-0.25, -0.2) is 0 Å². The van der Waals surface area contributed by atoms with Crippen LogP contribution in [0.3, 0.4) is 0 Å². The Morgan fingerprint density at radius 1 is 1.15 bits per heavy atom. The summed E-state index contributed by atoms with van der Waals surface area (Å²) in [6.45, 7) is 11.7. The predicted octanol–water partition coefficient (Wildman–Crippen LogP) is 5.90. The second-order valence-corrected chi connectivity index (χ2v) is 18.0. The van der Waals surface area contributed by atoms with Crippen LogP contribution in [0.15, 0.2) is 91.6 Å². The summed E-state index contributed by atoms with van der Waals surface area (Å²) >= 11 is 6.57. The van der Waals surface area contributed by atoms with E-state index in [0.717, 1.165) is 22.6 Å². The highest BCUT2D eigenvalue weighted by Crippen LogP contribution is 2.60. The van der Waals surface area contributed by atoms with Gasteiger partial charge in [-0.05, 0) is 47.9 Å². The maximum Gasteiger partial charge on any atom is 0.264 e. The third kappa shape index (κ3) is 5.39. The summed E-state index contributed by atoms with van der Waals surface area (Å²) in [5.41, 5.74) is 2.26. The van der Waals surface area contributed by atoms with Gasteiger partial charge >= 0.3 is 0 Å². The summed E-state index contributed by atoms with van der Waals surface area (Å²) in [7, 11) is -0.618. The number of anilines is 1. The number of benzene rings is 3. The number of hydrogen-bond donors (Lipinski definition) is 1. The summed E-state index contributed by atoms with van der Waals surface area (Å²) in [6, 6.07) is 23.8. The molecule has 1 fully saturated rings. The van der Waals surface area contributed by atoms with Gasteiger partial charge in [0.05, 0.1) is 45.2 Å². The molecular weight excluding hydrogens is 616 g/mol. The standard InChI is InChI=1S/C36H41ClN4O4Si/c1-6-19-41-32-17-12-26(37)21-30(32)36(35(41)43)24(2)34(46(4,5)28-15-13-27(44-3)14-16-28)33(45-36)18-20-40-22-31(38-39-40)29(23-42)25-10-8-7-9-11-25/h6-17,21-22,24,29,33-34,42H,1,18-20,23H2,2-5H3/t24-,29?,33+,34-,36+/m1/s1. The van der Waals surface area contributed by atoms with Gasteiger partial charge in [-0.2, -0.15) is 0 Å². The molecule has 0 bridgehead atoms. The molecule has 4 aromatic rings. The van der Waals surface area contributed by atoms with Crippen LogP contribution in [-0.2, 0) is 21.7 Å². The van der Waals surface area contributed by atoms with Gasteiger partial charge < -0.3 is 19.5 Å². The van der Waals surface area contributed by atoms with Crippen LogP contribution in [0.4, 0.5) is 5.69 Å². The fraction of sp³-hybridized carbons (Fsp3) is 0.361. The number of nitrogens with zero attached hydrogens (tertiary/aromatic N) is 4. The van der Waals surface area contributed by atoms with Crippen LogP contribution in [0.5, 0.6) is 5.75 Å². The van der Waals surface area contributed by atoms with Gasteiger partial charge in [0.1, 0.15) is 5.75 Å². The third-order valence-electron chi connectivity index (χ3n) is 10.0. The summed E-state index contributed by atoms with van der Waals surface area (Å²) in [6.07, 6.45) is 4.04. The van der Waals surface area contributed by atoms with Crippen molar-refractivity contribution in [3.05, 3.63) is 113 Å². The van der Waals surface area contributed by atoms with Crippen LogP contribution < -0.4 is 14.8 Å². The molecule has 1 aromatic heterocycles. The van der Waals surface area contributed by atoms with Gasteiger partial charge in [0.2, 0.25) is 0 Å². The first-order valence-electron chi connectivity index (χ1n) is 15.8. The minimum absolute atomic E-state index is 0.0660. The van der Waals surface area contributed by atoms with Gasteiger partial charge in [-0.15, -0.1) is 11.7 Å². The molecule has 5 atom stereocenters. The van der Waals surface area contributed by atoms with Crippen LogP contribution in [0, 0.1) is 5.92 Å². The maximum atomic E-state index is 14.5. The van der Waals surface area contributed by atoms with Crippen LogP contribution in [0.2, 0.25) is 23.7 Å². The summed E-state index contributed by atoms with van der Waals surface area (Å²) in [5, 5.41) is 20.9. The molecule has 1 unspecified atom stereocenters. The van der Waals surface area contributed by atoms with E-state index in [0.29, 0.717) is 30.2 Å². The minimum atomic E-state index is -2.29. The van der Waals surface area contributed by atoms with E-state index in [2.05, 4.69) is 49.0 Å². The zero-order valence-electron chi connectivity index (χ0n) is 26.8. The number of carbonyl (C=O) groups is 1. The monoisotopic (exact) mass is 656 g/mol. The number of fused-ring (bicyclic) bond motifs is 2. The topological polar surface area (TPSA) is 89.7 Å². The molecule has 8 nitrogen and oxygen atoms in total. The Morgan fingerprint density at radius 2 is 1.89 bits per heavy atom. The van der Waals surface area contributed by atoms with Crippen molar-refractivity contribution in [3.63, 3.8) is 0 Å². The quantitative estimate of drug-likeness (QED) is 0.160. The number of aryl methyl sites for hydroxylation is 1. The second kappa shape index (κ2) is 12.8. The lowest BCUT2D eigenvalue weighted by atomic mass is 9.82. The molecule has 46 heavy (non-hydrogen) atoms.